The van der Waals surface area contributed by atoms with Crippen molar-refractivity contribution in [3.05, 3.63) is 47.0 Å². The fourth-order valence-electron chi connectivity index (χ4n) is 6.81. The van der Waals surface area contributed by atoms with Crippen molar-refractivity contribution in [1.82, 2.24) is 25.0 Å². The number of H-pyrrole nitrogens is 1. The predicted molar refractivity (Wildman–Crippen MR) is 126 cm³/mol. The lowest BCUT2D eigenvalue weighted by molar-refractivity contribution is -0.143. The maximum Gasteiger partial charge on any atom is 0.241 e. The first-order valence-corrected chi connectivity index (χ1v) is 13.2. The summed E-state index contributed by atoms with van der Waals surface area (Å²) in [6, 6.07) is 8.46. The number of carbonyl (C=O) groups is 1. The fraction of sp³-hybridized carbons (Fsp3) is 0.667. The minimum absolute atomic E-state index is 0.235. The molecule has 0 unspecified atom stereocenters. The number of benzene rings is 1. The molecule has 0 bridgehead atoms. The van der Waals surface area contributed by atoms with E-state index in [4.69, 9.17) is 4.98 Å². The number of carbonyl (C=O) groups excluding carboxylic acids is 1. The molecule has 5 fully saturated rings. The Kier molecular flexibility index (Phi) is 5.06. The van der Waals surface area contributed by atoms with Crippen LogP contribution < -0.4 is 0 Å². The molecule has 7 rings (SSSR count). The van der Waals surface area contributed by atoms with Gasteiger partial charge in [0.05, 0.1) is 6.54 Å². The van der Waals surface area contributed by atoms with E-state index >= 15 is 0 Å². The minimum atomic E-state index is -2.18. The van der Waals surface area contributed by atoms with Gasteiger partial charge in [0, 0.05) is 49.9 Å². The highest BCUT2D eigenvalue weighted by Gasteiger charge is 2.54. The van der Waals surface area contributed by atoms with Gasteiger partial charge in [-0.3, -0.25) is 14.8 Å². The zero-order valence-electron chi connectivity index (χ0n) is 20.0. The normalized spacial score (nSPS) is 28.5. The van der Waals surface area contributed by atoms with Gasteiger partial charge >= 0.3 is 0 Å². The SMILES string of the molecule is O=C(CN1CC2(CC(c3n[nH]c(C4CC4)n3)C2)C1)N1CC(c2ccc(C3CC(C(F)F)C3)cc2)C1. The molecule has 6 nitrogen and oxygen atoms in total. The lowest BCUT2D eigenvalue weighted by Gasteiger charge is -2.58. The Balaban J connectivity index is 0.831. The minimum Gasteiger partial charge on any atom is -0.340 e. The first-order valence-electron chi connectivity index (χ1n) is 13.2. The Hall–Kier alpha value is -2.35. The third-order valence-electron chi connectivity index (χ3n) is 9.33. The van der Waals surface area contributed by atoms with Gasteiger partial charge in [0.15, 0.2) is 5.82 Å². The topological polar surface area (TPSA) is 65.1 Å². The van der Waals surface area contributed by atoms with Gasteiger partial charge in [0.2, 0.25) is 12.3 Å². The Morgan fingerprint density at radius 2 is 1.66 bits per heavy atom. The molecule has 8 heteroatoms. The number of hydrogen-bond acceptors (Lipinski definition) is 4. The van der Waals surface area contributed by atoms with E-state index in [1.165, 1.54) is 24.0 Å². The number of aromatic nitrogens is 3. The number of rotatable bonds is 7. The number of likely N-dealkylation sites (tertiary alicyclic amines) is 2. The quantitative estimate of drug-likeness (QED) is 0.642. The second kappa shape index (κ2) is 8.08. The number of aromatic amines is 1. The van der Waals surface area contributed by atoms with Gasteiger partial charge in [-0.05, 0) is 61.0 Å². The molecule has 3 saturated carbocycles. The van der Waals surface area contributed by atoms with Crippen LogP contribution in [0.15, 0.2) is 24.3 Å². The molecule has 1 aromatic heterocycles. The first-order chi connectivity index (χ1) is 16.9. The molecule has 2 aliphatic heterocycles. The van der Waals surface area contributed by atoms with E-state index in [-0.39, 0.29) is 11.8 Å². The van der Waals surface area contributed by atoms with Crippen molar-refractivity contribution in [1.29, 1.82) is 0 Å². The summed E-state index contributed by atoms with van der Waals surface area (Å²) < 4.78 is 25.4. The molecule has 0 atom stereocenters. The van der Waals surface area contributed by atoms with Crippen LogP contribution in [0.25, 0.3) is 0 Å². The van der Waals surface area contributed by atoms with E-state index in [9.17, 15) is 13.6 Å². The van der Waals surface area contributed by atoms with Crippen LogP contribution in [0.1, 0.15) is 85.0 Å². The maximum absolute atomic E-state index is 12.8. The summed E-state index contributed by atoms with van der Waals surface area (Å²) in [5.41, 5.74) is 2.80. The van der Waals surface area contributed by atoms with Crippen LogP contribution in [0.3, 0.4) is 0 Å². The molecule has 2 saturated heterocycles. The van der Waals surface area contributed by atoms with Crippen molar-refractivity contribution in [3.8, 4) is 0 Å². The van der Waals surface area contributed by atoms with E-state index in [0.717, 1.165) is 50.7 Å². The van der Waals surface area contributed by atoms with Crippen molar-refractivity contribution in [2.24, 2.45) is 11.3 Å². The van der Waals surface area contributed by atoms with Gasteiger partial charge in [0.1, 0.15) is 5.82 Å². The van der Waals surface area contributed by atoms with Crippen molar-refractivity contribution < 1.29 is 13.6 Å². The van der Waals surface area contributed by atoms with Crippen LogP contribution in [0, 0.1) is 11.3 Å². The molecule has 35 heavy (non-hydrogen) atoms. The summed E-state index contributed by atoms with van der Waals surface area (Å²) in [7, 11) is 0. The number of hydrogen-bond donors (Lipinski definition) is 1. The molecule has 0 radical (unpaired) electrons. The largest absolute Gasteiger partial charge is 0.340 e. The monoisotopic (exact) mass is 481 g/mol. The van der Waals surface area contributed by atoms with Crippen molar-refractivity contribution in [2.45, 2.75) is 68.6 Å². The zero-order chi connectivity index (χ0) is 23.7. The molecular formula is C27H33F2N5O. The van der Waals surface area contributed by atoms with Gasteiger partial charge in [0.25, 0.3) is 0 Å². The van der Waals surface area contributed by atoms with E-state index in [1.807, 2.05) is 4.90 Å². The van der Waals surface area contributed by atoms with Gasteiger partial charge in [-0.2, -0.15) is 5.10 Å². The molecule has 5 aliphatic rings. The average Bonchev–Trinajstić information content (AvgIpc) is 3.45. The maximum atomic E-state index is 12.8. The van der Waals surface area contributed by atoms with Gasteiger partial charge in [-0.1, -0.05) is 24.3 Å². The van der Waals surface area contributed by atoms with Crippen molar-refractivity contribution in [3.63, 3.8) is 0 Å². The van der Waals surface area contributed by atoms with Crippen LogP contribution in [0.4, 0.5) is 8.78 Å². The highest BCUT2D eigenvalue weighted by molar-refractivity contribution is 5.79. The highest BCUT2D eigenvalue weighted by Crippen LogP contribution is 2.55. The second-order valence-electron chi connectivity index (χ2n) is 12.0. The van der Waals surface area contributed by atoms with E-state index in [0.29, 0.717) is 42.6 Å². The van der Waals surface area contributed by atoms with Gasteiger partial charge in [-0.25, -0.2) is 13.8 Å². The van der Waals surface area contributed by atoms with Crippen LogP contribution >= 0.6 is 0 Å². The smallest absolute Gasteiger partial charge is 0.241 e. The molecule has 1 amide bonds. The van der Waals surface area contributed by atoms with E-state index in [1.54, 1.807) is 0 Å². The summed E-state index contributed by atoms with van der Waals surface area (Å²) in [6.07, 6.45) is 3.78. The predicted octanol–water partition coefficient (Wildman–Crippen LogP) is 4.25. The summed E-state index contributed by atoms with van der Waals surface area (Å²) >= 11 is 0. The van der Waals surface area contributed by atoms with Crippen LogP contribution in [-0.2, 0) is 4.79 Å². The molecule has 186 valence electrons. The lowest BCUT2D eigenvalue weighted by atomic mass is 9.57. The second-order valence-corrected chi connectivity index (χ2v) is 12.0. The summed E-state index contributed by atoms with van der Waals surface area (Å²) in [5.74, 6) is 3.65. The number of alkyl halides is 2. The Labute approximate surface area is 204 Å². The van der Waals surface area contributed by atoms with E-state index in [2.05, 4.69) is 39.4 Å². The Morgan fingerprint density at radius 3 is 2.29 bits per heavy atom. The van der Waals surface area contributed by atoms with Crippen LogP contribution in [0.5, 0.6) is 0 Å². The standard InChI is InChI=1S/C27H33F2N5O/c28-24(29)20-7-19(8-20)16-1-3-17(4-2-16)22-11-34(12-22)23(35)13-33-14-27(15-33)9-21(10-27)26-30-25(31-32-26)18-5-6-18/h1-4,18-22,24H,5-15H2,(H,30,31,32). The summed E-state index contributed by atoms with van der Waals surface area (Å²) in [6.45, 7) is 4.12. The summed E-state index contributed by atoms with van der Waals surface area (Å²) in [5, 5.41) is 7.58. The zero-order valence-corrected chi connectivity index (χ0v) is 20.0. The van der Waals surface area contributed by atoms with Crippen molar-refractivity contribution in [2.75, 3.05) is 32.7 Å². The Bertz CT molecular complexity index is 1090. The number of nitrogens with one attached hydrogen (secondary N) is 1. The molecule has 3 heterocycles. The van der Waals surface area contributed by atoms with Crippen LogP contribution in [0.2, 0.25) is 0 Å². The van der Waals surface area contributed by atoms with Gasteiger partial charge in [-0.15, -0.1) is 0 Å². The Morgan fingerprint density at radius 1 is 1.00 bits per heavy atom. The first kappa shape index (κ1) is 21.9. The van der Waals surface area contributed by atoms with Crippen molar-refractivity contribution >= 4 is 5.91 Å². The molecule has 1 N–H and O–H groups in total. The third kappa shape index (κ3) is 3.98. The number of amides is 1. The molecule has 1 spiro atoms. The molecular weight excluding hydrogens is 448 g/mol. The number of halogens is 2. The molecule has 1 aromatic carbocycles. The third-order valence-corrected chi connectivity index (χ3v) is 9.33. The summed E-state index contributed by atoms with van der Waals surface area (Å²) in [4.78, 5) is 21.7. The number of nitrogens with zero attached hydrogens (tertiary/aromatic N) is 4. The molecule has 2 aromatic rings. The fourth-order valence-corrected chi connectivity index (χ4v) is 6.81. The highest BCUT2D eigenvalue weighted by atomic mass is 19.3. The van der Waals surface area contributed by atoms with Crippen LogP contribution in [-0.4, -0.2) is 70.0 Å². The molecule has 3 aliphatic carbocycles. The van der Waals surface area contributed by atoms with E-state index < -0.39 is 12.3 Å². The average molecular weight is 482 g/mol. The lowest BCUT2D eigenvalue weighted by Crippen LogP contribution is -2.64. The van der Waals surface area contributed by atoms with Gasteiger partial charge < -0.3 is 4.90 Å².